The van der Waals surface area contributed by atoms with Gasteiger partial charge in [-0.2, -0.15) is 4.98 Å². The number of nitrogens with one attached hydrogen (secondary N) is 1. The molecule has 0 bridgehead atoms. The summed E-state index contributed by atoms with van der Waals surface area (Å²) in [4.78, 5) is 5.36. The second-order valence-corrected chi connectivity index (χ2v) is 5.66. The Bertz CT molecular complexity index is 483. The molecule has 1 N–H and O–H groups in total. The lowest BCUT2D eigenvalue weighted by Gasteiger charge is -2.07. The zero-order chi connectivity index (χ0) is 12.3. The van der Waals surface area contributed by atoms with Crippen LogP contribution in [0.25, 0.3) is 10.7 Å². The highest BCUT2D eigenvalue weighted by atomic mass is 79.9. The lowest BCUT2D eigenvalue weighted by molar-refractivity contribution is 0.358. The van der Waals surface area contributed by atoms with E-state index >= 15 is 0 Å². The fraction of sp³-hybridized carbons (Fsp3) is 0.455. The van der Waals surface area contributed by atoms with Crippen LogP contribution in [-0.2, 0) is 6.54 Å². The highest BCUT2D eigenvalue weighted by Crippen LogP contribution is 2.27. The van der Waals surface area contributed by atoms with Gasteiger partial charge in [0.15, 0.2) is 0 Å². The number of hydrogen-bond donors (Lipinski definition) is 1. The molecule has 2 rings (SSSR count). The average Bonchev–Trinajstić information content (AvgIpc) is 2.94. The molecule has 92 valence electrons. The van der Waals surface area contributed by atoms with Crippen LogP contribution in [-0.4, -0.2) is 16.2 Å². The number of hydrogen-bond acceptors (Lipinski definition) is 5. The zero-order valence-corrected chi connectivity index (χ0v) is 12.1. The van der Waals surface area contributed by atoms with E-state index < -0.39 is 0 Å². The minimum absolute atomic E-state index is 0.459. The van der Waals surface area contributed by atoms with Crippen molar-refractivity contribution in [2.24, 2.45) is 0 Å². The molecule has 0 aromatic carbocycles. The summed E-state index contributed by atoms with van der Waals surface area (Å²) in [5.41, 5.74) is 0. The predicted molar refractivity (Wildman–Crippen MR) is 71.9 cm³/mol. The summed E-state index contributed by atoms with van der Waals surface area (Å²) in [6, 6.07) is 2.45. The Balaban J connectivity index is 2.01. The molecular weight excluding hydrogens is 302 g/mol. The van der Waals surface area contributed by atoms with E-state index in [1.54, 1.807) is 11.3 Å². The molecule has 0 aliphatic rings. The van der Waals surface area contributed by atoms with Gasteiger partial charge < -0.3 is 9.84 Å². The monoisotopic (exact) mass is 315 g/mol. The fourth-order valence-electron chi connectivity index (χ4n) is 1.26. The first-order chi connectivity index (χ1) is 8.19. The number of nitrogens with zero attached hydrogens (tertiary/aromatic N) is 2. The third-order valence-electron chi connectivity index (χ3n) is 2.47. The quantitative estimate of drug-likeness (QED) is 0.918. The lowest BCUT2D eigenvalue weighted by atomic mass is 10.3. The van der Waals surface area contributed by atoms with Crippen molar-refractivity contribution in [3.05, 3.63) is 21.8 Å². The summed E-state index contributed by atoms with van der Waals surface area (Å²) < 4.78 is 6.23. The second kappa shape index (κ2) is 5.75. The van der Waals surface area contributed by atoms with E-state index in [2.05, 4.69) is 45.2 Å². The summed E-state index contributed by atoms with van der Waals surface area (Å²) in [5.74, 6) is 1.28. The molecule has 0 saturated heterocycles. The van der Waals surface area contributed by atoms with E-state index in [0.29, 0.717) is 24.3 Å². The third kappa shape index (κ3) is 3.37. The van der Waals surface area contributed by atoms with Gasteiger partial charge in [0.25, 0.3) is 0 Å². The minimum Gasteiger partial charge on any atom is -0.338 e. The van der Waals surface area contributed by atoms with E-state index in [0.717, 1.165) is 15.8 Å². The summed E-state index contributed by atoms with van der Waals surface area (Å²) in [5, 5.41) is 9.29. The molecule has 0 aliphatic heterocycles. The molecule has 2 aromatic rings. The highest BCUT2D eigenvalue weighted by molar-refractivity contribution is 9.10. The van der Waals surface area contributed by atoms with E-state index in [-0.39, 0.29) is 0 Å². The fourth-order valence-corrected chi connectivity index (χ4v) is 2.61. The Kier molecular flexibility index (Phi) is 4.31. The van der Waals surface area contributed by atoms with Gasteiger partial charge in [-0.1, -0.05) is 12.1 Å². The standard InChI is InChI=1S/C11H14BrN3OS/c1-3-7(2)13-5-10-14-11(15-16-10)9-4-8(12)6-17-9/h4,6-7,13H,3,5H2,1-2H3. The molecule has 4 nitrogen and oxygen atoms in total. The maximum atomic E-state index is 5.19. The largest absolute Gasteiger partial charge is 0.338 e. The summed E-state index contributed by atoms with van der Waals surface area (Å²) in [6.07, 6.45) is 1.08. The van der Waals surface area contributed by atoms with Gasteiger partial charge in [0.2, 0.25) is 11.7 Å². The first kappa shape index (κ1) is 12.7. The molecule has 0 amide bonds. The zero-order valence-electron chi connectivity index (χ0n) is 9.74. The van der Waals surface area contributed by atoms with Gasteiger partial charge in [0.05, 0.1) is 11.4 Å². The molecule has 0 saturated carbocycles. The van der Waals surface area contributed by atoms with Gasteiger partial charge in [-0.05, 0) is 35.3 Å². The smallest absolute Gasteiger partial charge is 0.240 e. The van der Waals surface area contributed by atoms with Gasteiger partial charge >= 0.3 is 0 Å². The van der Waals surface area contributed by atoms with E-state index in [4.69, 9.17) is 4.52 Å². The molecule has 0 radical (unpaired) electrons. The van der Waals surface area contributed by atoms with Crippen LogP contribution < -0.4 is 5.32 Å². The third-order valence-corrected chi connectivity index (χ3v) is 4.16. The van der Waals surface area contributed by atoms with Crippen LogP contribution in [0.2, 0.25) is 0 Å². The molecule has 2 heterocycles. The van der Waals surface area contributed by atoms with Crippen LogP contribution in [0.15, 0.2) is 20.4 Å². The predicted octanol–water partition coefficient (Wildman–Crippen LogP) is 3.45. The summed E-state index contributed by atoms with van der Waals surface area (Å²) in [7, 11) is 0. The molecule has 0 aliphatic carbocycles. The average molecular weight is 316 g/mol. The van der Waals surface area contributed by atoms with Crippen molar-refractivity contribution in [2.75, 3.05) is 0 Å². The number of rotatable bonds is 5. The van der Waals surface area contributed by atoms with Crippen molar-refractivity contribution in [3.63, 3.8) is 0 Å². The first-order valence-corrected chi connectivity index (χ1v) is 7.16. The number of aromatic nitrogens is 2. The van der Waals surface area contributed by atoms with Gasteiger partial charge in [0.1, 0.15) is 0 Å². The molecule has 1 atom stereocenters. The van der Waals surface area contributed by atoms with Crippen molar-refractivity contribution in [1.29, 1.82) is 0 Å². The van der Waals surface area contributed by atoms with Crippen molar-refractivity contribution < 1.29 is 4.52 Å². The first-order valence-electron chi connectivity index (χ1n) is 5.49. The Morgan fingerprint density at radius 3 is 3.06 bits per heavy atom. The normalized spacial score (nSPS) is 12.9. The minimum atomic E-state index is 0.459. The highest BCUT2D eigenvalue weighted by Gasteiger charge is 2.10. The Hall–Kier alpha value is -0.720. The summed E-state index contributed by atoms with van der Waals surface area (Å²) >= 11 is 5.00. The van der Waals surface area contributed by atoms with Crippen molar-refractivity contribution >= 4 is 27.3 Å². The Labute approximate surface area is 113 Å². The molecule has 0 spiro atoms. The van der Waals surface area contributed by atoms with Gasteiger partial charge in [-0.3, -0.25) is 0 Å². The lowest BCUT2D eigenvalue weighted by Crippen LogP contribution is -2.24. The molecule has 2 aromatic heterocycles. The van der Waals surface area contributed by atoms with Crippen LogP contribution in [0.5, 0.6) is 0 Å². The molecule has 1 unspecified atom stereocenters. The Morgan fingerprint density at radius 2 is 2.41 bits per heavy atom. The van der Waals surface area contributed by atoms with Crippen molar-refractivity contribution in [1.82, 2.24) is 15.5 Å². The van der Waals surface area contributed by atoms with Crippen LogP contribution >= 0.6 is 27.3 Å². The molecular formula is C11H14BrN3OS. The van der Waals surface area contributed by atoms with E-state index in [9.17, 15) is 0 Å². The molecule has 17 heavy (non-hydrogen) atoms. The maximum absolute atomic E-state index is 5.19. The van der Waals surface area contributed by atoms with Gasteiger partial charge in [0, 0.05) is 15.9 Å². The van der Waals surface area contributed by atoms with Crippen molar-refractivity contribution in [3.8, 4) is 10.7 Å². The van der Waals surface area contributed by atoms with Crippen LogP contribution in [0.4, 0.5) is 0 Å². The van der Waals surface area contributed by atoms with Crippen LogP contribution in [0.3, 0.4) is 0 Å². The number of thiophene rings is 1. The number of halogens is 1. The van der Waals surface area contributed by atoms with E-state index in [1.807, 2.05) is 11.4 Å². The van der Waals surface area contributed by atoms with Gasteiger partial charge in [-0.25, -0.2) is 0 Å². The van der Waals surface area contributed by atoms with Gasteiger partial charge in [-0.15, -0.1) is 11.3 Å². The van der Waals surface area contributed by atoms with Crippen LogP contribution in [0.1, 0.15) is 26.2 Å². The second-order valence-electron chi connectivity index (χ2n) is 3.83. The van der Waals surface area contributed by atoms with E-state index in [1.165, 1.54) is 0 Å². The molecule has 0 fully saturated rings. The maximum Gasteiger partial charge on any atom is 0.240 e. The Morgan fingerprint density at radius 1 is 1.59 bits per heavy atom. The van der Waals surface area contributed by atoms with Crippen LogP contribution in [0, 0.1) is 0 Å². The molecule has 6 heteroatoms. The summed E-state index contributed by atoms with van der Waals surface area (Å²) in [6.45, 7) is 4.89. The topological polar surface area (TPSA) is 51.0 Å². The van der Waals surface area contributed by atoms with Crippen molar-refractivity contribution in [2.45, 2.75) is 32.9 Å². The SMILES string of the molecule is CCC(C)NCc1nc(-c2cc(Br)cs2)no1.